The van der Waals surface area contributed by atoms with Crippen LogP contribution in [0.1, 0.15) is 16.8 Å². The second kappa shape index (κ2) is 5.01. The summed E-state index contributed by atoms with van der Waals surface area (Å²) in [4.78, 5) is 21.7. The molecule has 0 radical (unpaired) electrons. The molecule has 18 heavy (non-hydrogen) atoms. The number of hydrogen-bond acceptors (Lipinski definition) is 6. The van der Waals surface area contributed by atoms with Crippen LogP contribution in [0.2, 0.25) is 0 Å². The Kier molecular flexibility index (Phi) is 3.42. The Labute approximate surface area is 103 Å². The standard InChI is InChI=1S/C11H12N2O5/c12-10-5-7(13(15)16)1-2-9(10)11(14)18-8-3-4-17-6-8/h1-2,5,8H,3-4,6,12H2. The molecule has 0 aliphatic carbocycles. The quantitative estimate of drug-likeness (QED) is 0.374. The fourth-order valence-electron chi connectivity index (χ4n) is 1.67. The number of hydrogen-bond donors (Lipinski definition) is 1. The lowest BCUT2D eigenvalue weighted by molar-refractivity contribution is -0.384. The second-order valence-corrected chi connectivity index (χ2v) is 3.92. The summed E-state index contributed by atoms with van der Waals surface area (Å²) in [6.45, 7) is 0.937. The molecule has 1 atom stereocenters. The van der Waals surface area contributed by atoms with E-state index in [2.05, 4.69) is 0 Å². The molecule has 0 spiro atoms. The first-order valence-electron chi connectivity index (χ1n) is 5.40. The summed E-state index contributed by atoms with van der Waals surface area (Å²) in [5.41, 5.74) is 5.61. The first-order chi connectivity index (χ1) is 8.58. The normalized spacial score (nSPS) is 18.6. The van der Waals surface area contributed by atoms with Crippen molar-refractivity contribution in [1.82, 2.24) is 0 Å². The molecule has 96 valence electrons. The molecule has 1 aliphatic heterocycles. The number of rotatable bonds is 3. The first-order valence-corrected chi connectivity index (χ1v) is 5.40. The van der Waals surface area contributed by atoms with E-state index in [1.165, 1.54) is 12.1 Å². The highest BCUT2D eigenvalue weighted by Gasteiger charge is 2.22. The zero-order valence-electron chi connectivity index (χ0n) is 9.50. The molecule has 1 unspecified atom stereocenters. The molecule has 1 aliphatic rings. The molecule has 0 saturated carbocycles. The Morgan fingerprint density at radius 1 is 1.56 bits per heavy atom. The van der Waals surface area contributed by atoms with Gasteiger partial charge in [-0.25, -0.2) is 4.79 Å². The molecule has 7 heteroatoms. The van der Waals surface area contributed by atoms with Gasteiger partial charge in [0, 0.05) is 18.6 Å². The number of nitrogen functional groups attached to an aromatic ring is 1. The zero-order valence-corrected chi connectivity index (χ0v) is 9.50. The number of benzene rings is 1. The van der Waals surface area contributed by atoms with E-state index in [-0.39, 0.29) is 23.0 Å². The number of ether oxygens (including phenoxy) is 2. The van der Waals surface area contributed by atoms with Crippen LogP contribution >= 0.6 is 0 Å². The van der Waals surface area contributed by atoms with Gasteiger partial charge in [0.15, 0.2) is 0 Å². The number of carbonyl (C=O) groups excluding carboxylic acids is 1. The molecular formula is C11H12N2O5. The van der Waals surface area contributed by atoms with Gasteiger partial charge in [-0.2, -0.15) is 0 Å². The van der Waals surface area contributed by atoms with Crippen LogP contribution < -0.4 is 5.73 Å². The average molecular weight is 252 g/mol. The highest BCUT2D eigenvalue weighted by atomic mass is 16.6. The van der Waals surface area contributed by atoms with Crippen LogP contribution in [0, 0.1) is 10.1 Å². The number of nitrogens with zero attached hydrogens (tertiary/aromatic N) is 1. The third kappa shape index (κ3) is 2.57. The molecule has 7 nitrogen and oxygen atoms in total. The predicted molar refractivity (Wildman–Crippen MR) is 62.1 cm³/mol. The van der Waals surface area contributed by atoms with Gasteiger partial charge in [-0.3, -0.25) is 10.1 Å². The first kappa shape index (κ1) is 12.3. The van der Waals surface area contributed by atoms with Crippen LogP contribution in [0.15, 0.2) is 18.2 Å². The summed E-state index contributed by atoms with van der Waals surface area (Å²) >= 11 is 0. The number of nitro benzene ring substituents is 1. The minimum absolute atomic E-state index is 0.0353. The highest BCUT2D eigenvalue weighted by Crippen LogP contribution is 2.21. The van der Waals surface area contributed by atoms with Crippen LogP contribution in [0.3, 0.4) is 0 Å². The Balaban J connectivity index is 2.12. The van der Waals surface area contributed by atoms with Gasteiger partial charge in [0.25, 0.3) is 5.69 Å². The Bertz CT molecular complexity index is 482. The van der Waals surface area contributed by atoms with Gasteiger partial charge in [0.1, 0.15) is 6.10 Å². The average Bonchev–Trinajstić information content (AvgIpc) is 2.81. The summed E-state index contributed by atoms with van der Waals surface area (Å²) in [5, 5.41) is 10.5. The molecule has 0 amide bonds. The van der Waals surface area contributed by atoms with Gasteiger partial charge < -0.3 is 15.2 Å². The Morgan fingerprint density at radius 2 is 2.33 bits per heavy atom. The van der Waals surface area contributed by atoms with E-state index in [0.29, 0.717) is 19.6 Å². The summed E-state index contributed by atoms with van der Waals surface area (Å²) < 4.78 is 10.2. The number of nitrogens with two attached hydrogens (primary N) is 1. The topological polar surface area (TPSA) is 105 Å². The van der Waals surface area contributed by atoms with Crippen LogP contribution in [-0.2, 0) is 9.47 Å². The molecule has 1 saturated heterocycles. The molecule has 1 aromatic rings. The van der Waals surface area contributed by atoms with E-state index >= 15 is 0 Å². The Morgan fingerprint density at radius 3 is 2.89 bits per heavy atom. The molecule has 1 fully saturated rings. The van der Waals surface area contributed by atoms with E-state index in [1.807, 2.05) is 0 Å². The maximum Gasteiger partial charge on any atom is 0.340 e. The molecule has 2 rings (SSSR count). The third-order valence-electron chi connectivity index (χ3n) is 2.63. The minimum atomic E-state index is -0.585. The predicted octanol–water partition coefficient (Wildman–Crippen LogP) is 1.12. The van der Waals surface area contributed by atoms with Crippen LogP contribution in [-0.4, -0.2) is 30.2 Å². The van der Waals surface area contributed by atoms with Gasteiger partial charge in [-0.15, -0.1) is 0 Å². The van der Waals surface area contributed by atoms with Gasteiger partial charge in [-0.05, 0) is 6.07 Å². The summed E-state index contributed by atoms with van der Waals surface area (Å²) in [6, 6.07) is 3.66. The van der Waals surface area contributed by atoms with Crippen molar-refractivity contribution in [2.24, 2.45) is 0 Å². The van der Waals surface area contributed by atoms with Gasteiger partial charge in [0.2, 0.25) is 0 Å². The maximum atomic E-state index is 11.8. The van der Waals surface area contributed by atoms with E-state index in [9.17, 15) is 14.9 Å². The van der Waals surface area contributed by atoms with Crippen molar-refractivity contribution in [3.05, 3.63) is 33.9 Å². The van der Waals surface area contributed by atoms with Gasteiger partial charge in [0.05, 0.1) is 29.4 Å². The number of non-ortho nitro benzene ring substituents is 1. The SMILES string of the molecule is Nc1cc([N+](=O)[O-])ccc1C(=O)OC1CCOC1. The van der Waals surface area contributed by atoms with Crippen LogP contribution in [0.4, 0.5) is 11.4 Å². The summed E-state index contributed by atoms with van der Waals surface area (Å²) in [7, 11) is 0. The lowest BCUT2D eigenvalue weighted by atomic mass is 10.1. The van der Waals surface area contributed by atoms with Crippen molar-refractivity contribution in [2.45, 2.75) is 12.5 Å². The molecule has 1 heterocycles. The maximum absolute atomic E-state index is 11.8. The van der Waals surface area contributed by atoms with Crippen LogP contribution in [0.5, 0.6) is 0 Å². The van der Waals surface area contributed by atoms with E-state index in [0.717, 1.165) is 6.07 Å². The lowest BCUT2D eigenvalue weighted by Gasteiger charge is -2.11. The fourth-order valence-corrected chi connectivity index (χ4v) is 1.67. The van der Waals surface area contributed by atoms with E-state index < -0.39 is 10.9 Å². The van der Waals surface area contributed by atoms with Crippen LogP contribution in [0.25, 0.3) is 0 Å². The van der Waals surface area contributed by atoms with Crippen molar-refractivity contribution in [3.63, 3.8) is 0 Å². The van der Waals surface area contributed by atoms with Gasteiger partial charge >= 0.3 is 5.97 Å². The number of esters is 1. The van der Waals surface area contributed by atoms with Crippen molar-refractivity contribution < 1.29 is 19.2 Å². The Hall–Kier alpha value is -2.15. The van der Waals surface area contributed by atoms with Gasteiger partial charge in [-0.1, -0.05) is 0 Å². The number of nitro groups is 1. The minimum Gasteiger partial charge on any atom is -0.456 e. The fraction of sp³-hybridized carbons (Fsp3) is 0.364. The molecular weight excluding hydrogens is 240 g/mol. The van der Waals surface area contributed by atoms with E-state index in [1.54, 1.807) is 0 Å². The van der Waals surface area contributed by atoms with Crippen molar-refractivity contribution in [3.8, 4) is 0 Å². The molecule has 1 aromatic carbocycles. The largest absolute Gasteiger partial charge is 0.456 e. The molecule has 2 N–H and O–H groups in total. The number of anilines is 1. The smallest absolute Gasteiger partial charge is 0.340 e. The molecule has 0 aromatic heterocycles. The van der Waals surface area contributed by atoms with Crippen molar-refractivity contribution in [2.75, 3.05) is 18.9 Å². The lowest BCUT2D eigenvalue weighted by Crippen LogP contribution is -2.19. The van der Waals surface area contributed by atoms with Crippen molar-refractivity contribution in [1.29, 1.82) is 0 Å². The summed E-state index contributed by atoms with van der Waals surface area (Å²) in [5.74, 6) is -0.585. The molecule has 0 bridgehead atoms. The number of carbonyl (C=O) groups is 1. The second-order valence-electron chi connectivity index (χ2n) is 3.92. The monoisotopic (exact) mass is 252 g/mol. The van der Waals surface area contributed by atoms with Crippen molar-refractivity contribution >= 4 is 17.3 Å². The van der Waals surface area contributed by atoms with E-state index in [4.69, 9.17) is 15.2 Å². The zero-order chi connectivity index (χ0) is 13.1. The third-order valence-corrected chi connectivity index (χ3v) is 2.63. The highest BCUT2D eigenvalue weighted by molar-refractivity contribution is 5.95. The summed E-state index contributed by atoms with van der Waals surface area (Å²) in [6.07, 6.45) is 0.380.